The summed E-state index contributed by atoms with van der Waals surface area (Å²) in [6, 6.07) is -2.55. The van der Waals surface area contributed by atoms with Gasteiger partial charge in [0.1, 0.15) is 0 Å². The van der Waals surface area contributed by atoms with Crippen molar-refractivity contribution >= 4 is 0 Å². The van der Waals surface area contributed by atoms with Gasteiger partial charge in [-0.15, -0.1) is 0 Å². The van der Waals surface area contributed by atoms with Gasteiger partial charge in [0.05, 0.1) is 6.54 Å². The molecule has 0 aromatic carbocycles. The van der Waals surface area contributed by atoms with Crippen molar-refractivity contribution in [2.24, 2.45) is 0 Å². The molecular weight excluding hydrogens is 186 g/mol. The van der Waals surface area contributed by atoms with E-state index in [4.69, 9.17) is 0 Å². The minimum absolute atomic E-state index is 0.0840. The molecule has 0 aromatic heterocycles. The minimum Gasteiger partial charge on any atom is -0.293 e. The summed E-state index contributed by atoms with van der Waals surface area (Å²) in [4.78, 5) is 3.12. The van der Waals surface area contributed by atoms with Crippen LogP contribution in [0.4, 0.5) is 8.78 Å². The third kappa shape index (κ3) is 2.42. The highest BCUT2D eigenvalue weighted by molar-refractivity contribution is 4.84. The maximum Gasteiger partial charge on any atom is 0.317 e. The molecule has 14 heavy (non-hydrogen) atoms. The van der Waals surface area contributed by atoms with Crippen molar-refractivity contribution in [1.29, 1.82) is 0 Å². The van der Waals surface area contributed by atoms with Gasteiger partial charge in [0, 0.05) is 25.2 Å². The highest BCUT2D eigenvalue weighted by atomic mass is 19.3. The van der Waals surface area contributed by atoms with E-state index in [0.717, 1.165) is 6.54 Å². The second-order valence-electron chi connectivity index (χ2n) is 4.52. The summed E-state index contributed by atoms with van der Waals surface area (Å²) in [7, 11) is 0. The van der Waals surface area contributed by atoms with Crippen LogP contribution in [0.25, 0.3) is 0 Å². The number of halogens is 2. The van der Waals surface area contributed by atoms with Gasteiger partial charge in [0.2, 0.25) is 0 Å². The van der Waals surface area contributed by atoms with Crippen LogP contribution in [0.3, 0.4) is 0 Å². The molecule has 0 radical (unpaired) electrons. The van der Waals surface area contributed by atoms with Crippen LogP contribution in [-0.4, -0.2) is 47.6 Å². The van der Waals surface area contributed by atoms with Gasteiger partial charge >= 0.3 is 6.05 Å². The first-order valence-electron chi connectivity index (χ1n) is 5.23. The second kappa shape index (κ2) is 4.11. The van der Waals surface area contributed by atoms with Gasteiger partial charge in [-0.05, 0) is 27.7 Å². The monoisotopic (exact) mass is 206 g/mol. The van der Waals surface area contributed by atoms with Crippen molar-refractivity contribution in [2.75, 3.05) is 19.6 Å². The van der Waals surface area contributed by atoms with E-state index in [9.17, 15) is 8.78 Å². The predicted molar refractivity (Wildman–Crippen MR) is 53.5 cm³/mol. The largest absolute Gasteiger partial charge is 0.317 e. The number of rotatable bonds is 2. The number of hydrogen-bond donors (Lipinski definition) is 0. The highest BCUT2D eigenvalue weighted by Crippen LogP contribution is 2.27. The molecule has 1 fully saturated rings. The molecule has 4 heteroatoms. The van der Waals surface area contributed by atoms with Gasteiger partial charge in [-0.2, -0.15) is 8.78 Å². The molecule has 0 atom stereocenters. The van der Waals surface area contributed by atoms with E-state index in [2.05, 4.69) is 0 Å². The quantitative estimate of drug-likeness (QED) is 0.638. The summed E-state index contributed by atoms with van der Waals surface area (Å²) in [6.07, 6.45) is 0. The van der Waals surface area contributed by atoms with Crippen LogP contribution < -0.4 is 0 Å². The molecule has 0 bridgehead atoms. The van der Waals surface area contributed by atoms with E-state index < -0.39 is 6.05 Å². The minimum atomic E-state index is -2.67. The first-order chi connectivity index (χ1) is 6.34. The molecule has 0 N–H and O–H groups in total. The standard InChI is InChI=1S/C10H20F2N2/c1-8(2)13-5-6-14(9(3)4)10(11,12)7-13/h8-9H,5-7H2,1-4H3. The number of nitrogens with zero attached hydrogens (tertiary/aromatic N) is 2. The third-order valence-electron chi connectivity index (χ3n) is 2.80. The Morgan fingerprint density at radius 3 is 1.93 bits per heavy atom. The lowest BCUT2D eigenvalue weighted by molar-refractivity contribution is -0.200. The molecule has 1 saturated heterocycles. The molecule has 84 valence electrons. The molecule has 0 saturated carbocycles. The summed E-state index contributed by atoms with van der Waals surface area (Å²) >= 11 is 0. The van der Waals surface area contributed by atoms with Gasteiger partial charge < -0.3 is 0 Å². The van der Waals surface area contributed by atoms with Crippen LogP contribution in [0, 0.1) is 0 Å². The van der Waals surface area contributed by atoms with Gasteiger partial charge in [-0.3, -0.25) is 4.90 Å². The van der Waals surface area contributed by atoms with Gasteiger partial charge in [-0.1, -0.05) is 0 Å². The SMILES string of the molecule is CC(C)N1CCN(C(C)C)C(F)(F)C1. The fraction of sp³-hybridized carbons (Fsp3) is 1.00. The van der Waals surface area contributed by atoms with Crippen LogP contribution in [0.5, 0.6) is 0 Å². The molecule has 1 heterocycles. The van der Waals surface area contributed by atoms with Crippen molar-refractivity contribution < 1.29 is 8.78 Å². The van der Waals surface area contributed by atoms with Crippen molar-refractivity contribution in [3.8, 4) is 0 Å². The first-order valence-corrected chi connectivity index (χ1v) is 5.23. The number of hydrogen-bond acceptors (Lipinski definition) is 2. The molecule has 0 amide bonds. The van der Waals surface area contributed by atoms with Crippen molar-refractivity contribution in [3.63, 3.8) is 0 Å². The van der Waals surface area contributed by atoms with Crippen LogP contribution in [0.2, 0.25) is 0 Å². The second-order valence-corrected chi connectivity index (χ2v) is 4.52. The lowest BCUT2D eigenvalue weighted by atomic mass is 10.2. The van der Waals surface area contributed by atoms with Gasteiger partial charge in [0.15, 0.2) is 0 Å². The van der Waals surface area contributed by atoms with Crippen LogP contribution in [0.1, 0.15) is 27.7 Å². The highest BCUT2D eigenvalue weighted by Gasteiger charge is 2.43. The molecular formula is C10H20F2N2. The Morgan fingerprint density at radius 1 is 1.00 bits per heavy atom. The molecule has 0 aromatic rings. The molecule has 1 rings (SSSR count). The summed E-state index contributed by atoms with van der Waals surface area (Å²) in [5.41, 5.74) is 0. The summed E-state index contributed by atoms with van der Waals surface area (Å²) in [6.45, 7) is 8.62. The van der Waals surface area contributed by atoms with Crippen molar-refractivity contribution in [3.05, 3.63) is 0 Å². The summed E-state index contributed by atoms with van der Waals surface area (Å²) in [5.74, 6) is 0. The van der Waals surface area contributed by atoms with E-state index in [0.29, 0.717) is 6.54 Å². The Labute approximate surface area is 84.9 Å². The Kier molecular flexibility index (Phi) is 3.48. The molecule has 0 unspecified atom stereocenters. The zero-order valence-corrected chi connectivity index (χ0v) is 9.43. The Hall–Kier alpha value is -0.220. The Morgan fingerprint density at radius 2 is 1.57 bits per heavy atom. The lowest BCUT2D eigenvalue weighted by Crippen LogP contribution is -2.60. The average molecular weight is 206 g/mol. The summed E-state index contributed by atoms with van der Waals surface area (Å²) < 4.78 is 27.2. The fourth-order valence-corrected chi connectivity index (χ4v) is 1.89. The zero-order valence-electron chi connectivity index (χ0n) is 9.43. The van der Waals surface area contributed by atoms with E-state index in [-0.39, 0.29) is 18.6 Å². The zero-order chi connectivity index (χ0) is 10.9. The van der Waals surface area contributed by atoms with E-state index in [1.54, 1.807) is 0 Å². The topological polar surface area (TPSA) is 6.48 Å². The summed E-state index contributed by atoms with van der Waals surface area (Å²) in [5, 5.41) is 0. The van der Waals surface area contributed by atoms with Crippen molar-refractivity contribution in [1.82, 2.24) is 9.80 Å². The van der Waals surface area contributed by atoms with Crippen molar-refractivity contribution in [2.45, 2.75) is 45.8 Å². The third-order valence-corrected chi connectivity index (χ3v) is 2.80. The van der Waals surface area contributed by atoms with Crippen LogP contribution in [-0.2, 0) is 0 Å². The lowest BCUT2D eigenvalue weighted by Gasteiger charge is -2.44. The molecule has 1 aliphatic rings. The Bertz CT molecular complexity index is 193. The normalized spacial score (nSPS) is 24.9. The number of alkyl halides is 2. The maximum atomic E-state index is 13.6. The van der Waals surface area contributed by atoms with Gasteiger partial charge in [-0.25, -0.2) is 4.90 Å². The van der Waals surface area contributed by atoms with E-state index in [1.807, 2.05) is 32.6 Å². The van der Waals surface area contributed by atoms with Crippen LogP contribution in [0.15, 0.2) is 0 Å². The predicted octanol–water partition coefficient (Wildman–Crippen LogP) is 2.01. The first kappa shape index (κ1) is 11.9. The van der Waals surface area contributed by atoms with Gasteiger partial charge in [0.25, 0.3) is 0 Å². The molecule has 0 spiro atoms. The Balaban J connectivity index is 2.65. The molecule has 2 nitrogen and oxygen atoms in total. The van der Waals surface area contributed by atoms with E-state index >= 15 is 0 Å². The average Bonchev–Trinajstić information content (AvgIpc) is 2.01. The fourth-order valence-electron chi connectivity index (χ4n) is 1.89. The molecule has 1 aliphatic heterocycles. The maximum absolute atomic E-state index is 13.6. The van der Waals surface area contributed by atoms with E-state index in [1.165, 1.54) is 4.90 Å². The number of piperazine rings is 1. The smallest absolute Gasteiger partial charge is 0.293 e. The molecule has 0 aliphatic carbocycles. The van der Waals surface area contributed by atoms with Crippen LogP contribution >= 0.6 is 0 Å².